The van der Waals surface area contributed by atoms with Gasteiger partial charge in [-0.3, -0.25) is 10.1 Å². The molecular formula is C11H17N3O2. The van der Waals surface area contributed by atoms with Gasteiger partial charge in [-0.15, -0.1) is 0 Å². The van der Waals surface area contributed by atoms with E-state index in [0.29, 0.717) is 18.2 Å². The van der Waals surface area contributed by atoms with E-state index < -0.39 is 0 Å². The average Bonchev–Trinajstić information content (AvgIpc) is 3.02. The van der Waals surface area contributed by atoms with Gasteiger partial charge in [0.2, 0.25) is 11.8 Å². The number of hydrogen-bond donors (Lipinski definition) is 2. The van der Waals surface area contributed by atoms with Gasteiger partial charge in [-0.1, -0.05) is 5.16 Å². The summed E-state index contributed by atoms with van der Waals surface area (Å²) in [6.45, 7) is 3.70. The minimum absolute atomic E-state index is 0.0238. The summed E-state index contributed by atoms with van der Waals surface area (Å²) >= 11 is 0. The number of nitrogens with zero attached hydrogens (tertiary/aromatic N) is 1. The highest BCUT2D eigenvalue weighted by Crippen LogP contribution is 2.32. The van der Waals surface area contributed by atoms with Gasteiger partial charge in [0.15, 0.2) is 0 Å². The van der Waals surface area contributed by atoms with Crippen molar-refractivity contribution in [2.24, 2.45) is 11.7 Å². The van der Waals surface area contributed by atoms with E-state index in [0.717, 1.165) is 24.1 Å². The lowest BCUT2D eigenvalue weighted by Gasteiger charge is -2.08. The van der Waals surface area contributed by atoms with Crippen LogP contribution in [0.4, 0.5) is 5.88 Å². The molecule has 1 saturated carbocycles. The molecule has 1 aliphatic rings. The number of nitrogens with two attached hydrogens (primary N) is 1. The highest BCUT2D eigenvalue weighted by atomic mass is 16.5. The first-order valence-electron chi connectivity index (χ1n) is 5.56. The fourth-order valence-electron chi connectivity index (χ4n) is 1.61. The second-order valence-electron chi connectivity index (χ2n) is 4.48. The molecule has 1 atom stereocenters. The first-order chi connectivity index (χ1) is 7.58. The molecule has 0 aromatic carbocycles. The average molecular weight is 223 g/mol. The molecule has 1 aliphatic carbocycles. The van der Waals surface area contributed by atoms with Crippen molar-refractivity contribution in [1.82, 2.24) is 5.16 Å². The van der Waals surface area contributed by atoms with Crippen molar-refractivity contribution < 1.29 is 9.32 Å². The number of aryl methyl sites for hydroxylation is 1. The Balaban J connectivity index is 1.89. The summed E-state index contributed by atoms with van der Waals surface area (Å²) in [5, 5.41) is 6.47. The van der Waals surface area contributed by atoms with Crippen molar-refractivity contribution in [3.63, 3.8) is 0 Å². The Kier molecular flexibility index (Phi) is 2.96. The van der Waals surface area contributed by atoms with Crippen molar-refractivity contribution in [2.45, 2.75) is 39.2 Å². The van der Waals surface area contributed by atoms with Gasteiger partial charge in [-0.2, -0.15) is 0 Å². The molecule has 16 heavy (non-hydrogen) atoms. The standard InChI is InChI=1S/C11H17N3O2/c1-6-7(2)14-16-11(6)13-10(15)5-9(12)8-3-4-8/h8-9H,3-5,12H2,1-2H3,(H,13,15). The number of carbonyl (C=O) groups excluding carboxylic acids is 1. The van der Waals surface area contributed by atoms with Crippen molar-refractivity contribution >= 4 is 11.8 Å². The lowest BCUT2D eigenvalue weighted by Crippen LogP contribution is -2.28. The van der Waals surface area contributed by atoms with Crippen molar-refractivity contribution in [1.29, 1.82) is 0 Å². The van der Waals surface area contributed by atoms with E-state index in [4.69, 9.17) is 10.3 Å². The van der Waals surface area contributed by atoms with Crippen LogP contribution < -0.4 is 11.1 Å². The molecular weight excluding hydrogens is 206 g/mol. The maximum atomic E-state index is 11.6. The van der Waals surface area contributed by atoms with Crippen molar-refractivity contribution in [2.75, 3.05) is 5.32 Å². The fraction of sp³-hybridized carbons (Fsp3) is 0.636. The van der Waals surface area contributed by atoms with Gasteiger partial charge >= 0.3 is 0 Å². The molecule has 5 nitrogen and oxygen atoms in total. The molecule has 1 aromatic rings. The van der Waals surface area contributed by atoms with Gasteiger partial charge in [0.05, 0.1) is 5.69 Å². The Labute approximate surface area is 94.4 Å². The second-order valence-corrected chi connectivity index (χ2v) is 4.48. The molecule has 3 N–H and O–H groups in total. The van der Waals surface area contributed by atoms with Crippen LogP contribution in [0.5, 0.6) is 0 Å². The number of carbonyl (C=O) groups is 1. The van der Waals surface area contributed by atoms with E-state index in [9.17, 15) is 4.79 Å². The molecule has 0 aliphatic heterocycles. The van der Waals surface area contributed by atoms with Crippen LogP contribution in [0.15, 0.2) is 4.52 Å². The quantitative estimate of drug-likeness (QED) is 0.807. The zero-order chi connectivity index (χ0) is 11.7. The summed E-state index contributed by atoms with van der Waals surface area (Å²) in [4.78, 5) is 11.6. The largest absolute Gasteiger partial charge is 0.338 e. The molecule has 0 spiro atoms. The molecule has 1 unspecified atom stereocenters. The number of hydrogen-bond acceptors (Lipinski definition) is 4. The van der Waals surface area contributed by atoms with Crippen LogP contribution in [0.1, 0.15) is 30.5 Å². The van der Waals surface area contributed by atoms with Gasteiger partial charge in [-0.25, -0.2) is 0 Å². The summed E-state index contributed by atoms with van der Waals surface area (Å²) in [6.07, 6.45) is 2.65. The second kappa shape index (κ2) is 4.25. The first kappa shape index (κ1) is 11.1. The third kappa shape index (κ3) is 2.41. The molecule has 1 amide bonds. The number of rotatable bonds is 4. The molecule has 1 heterocycles. The van der Waals surface area contributed by atoms with Crippen LogP contribution >= 0.6 is 0 Å². The Hall–Kier alpha value is -1.36. The predicted molar refractivity (Wildman–Crippen MR) is 59.9 cm³/mol. The third-order valence-corrected chi connectivity index (χ3v) is 3.06. The van der Waals surface area contributed by atoms with Crippen LogP contribution in [-0.2, 0) is 4.79 Å². The van der Waals surface area contributed by atoms with E-state index in [-0.39, 0.29) is 11.9 Å². The predicted octanol–water partition coefficient (Wildman–Crippen LogP) is 1.36. The van der Waals surface area contributed by atoms with E-state index in [1.54, 1.807) is 0 Å². The normalized spacial score (nSPS) is 17.2. The van der Waals surface area contributed by atoms with Gasteiger partial charge in [-0.05, 0) is 32.6 Å². The lowest BCUT2D eigenvalue weighted by atomic mass is 10.1. The van der Waals surface area contributed by atoms with Crippen LogP contribution in [0, 0.1) is 19.8 Å². The zero-order valence-corrected chi connectivity index (χ0v) is 9.62. The van der Waals surface area contributed by atoms with Crippen LogP contribution in [0.2, 0.25) is 0 Å². The maximum absolute atomic E-state index is 11.6. The lowest BCUT2D eigenvalue weighted by molar-refractivity contribution is -0.116. The topological polar surface area (TPSA) is 81.2 Å². The number of amides is 1. The summed E-state index contributed by atoms with van der Waals surface area (Å²) in [5.41, 5.74) is 7.53. The molecule has 88 valence electrons. The van der Waals surface area contributed by atoms with Crippen LogP contribution in [0.25, 0.3) is 0 Å². The van der Waals surface area contributed by atoms with Crippen molar-refractivity contribution in [3.05, 3.63) is 11.3 Å². The monoisotopic (exact) mass is 223 g/mol. The number of aromatic nitrogens is 1. The van der Waals surface area contributed by atoms with E-state index >= 15 is 0 Å². The first-order valence-corrected chi connectivity index (χ1v) is 5.56. The van der Waals surface area contributed by atoms with E-state index in [1.165, 1.54) is 0 Å². The Morgan fingerprint density at radius 1 is 1.62 bits per heavy atom. The maximum Gasteiger partial charge on any atom is 0.234 e. The minimum atomic E-state index is -0.0985. The highest BCUT2D eigenvalue weighted by molar-refractivity contribution is 5.90. The molecule has 1 aromatic heterocycles. The van der Waals surface area contributed by atoms with Gasteiger partial charge in [0.1, 0.15) is 0 Å². The number of nitrogens with one attached hydrogen (secondary N) is 1. The van der Waals surface area contributed by atoms with Gasteiger partial charge in [0.25, 0.3) is 0 Å². The Morgan fingerprint density at radius 3 is 2.81 bits per heavy atom. The molecule has 0 saturated heterocycles. The molecule has 1 fully saturated rings. The molecule has 2 rings (SSSR count). The molecule has 5 heteroatoms. The summed E-state index contributed by atoms with van der Waals surface area (Å²) in [6, 6.07) is -0.0238. The van der Waals surface area contributed by atoms with E-state index in [1.807, 2.05) is 13.8 Å². The van der Waals surface area contributed by atoms with Gasteiger partial charge in [0, 0.05) is 18.0 Å². The van der Waals surface area contributed by atoms with Gasteiger partial charge < -0.3 is 10.3 Å². The van der Waals surface area contributed by atoms with Crippen LogP contribution in [-0.4, -0.2) is 17.1 Å². The summed E-state index contributed by atoms with van der Waals surface area (Å²) in [7, 11) is 0. The summed E-state index contributed by atoms with van der Waals surface area (Å²) in [5.74, 6) is 0.868. The Bertz CT molecular complexity index is 396. The number of anilines is 1. The third-order valence-electron chi connectivity index (χ3n) is 3.06. The Morgan fingerprint density at radius 2 is 2.31 bits per heavy atom. The highest BCUT2D eigenvalue weighted by Gasteiger charge is 2.30. The molecule has 0 bridgehead atoms. The summed E-state index contributed by atoms with van der Waals surface area (Å²) < 4.78 is 5.00. The smallest absolute Gasteiger partial charge is 0.234 e. The van der Waals surface area contributed by atoms with E-state index in [2.05, 4.69) is 10.5 Å². The fourth-order valence-corrected chi connectivity index (χ4v) is 1.61. The van der Waals surface area contributed by atoms with Crippen molar-refractivity contribution in [3.8, 4) is 0 Å². The SMILES string of the molecule is Cc1noc(NC(=O)CC(N)C2CC2)c1C. The molecule has 0 radical (unpaired) electrons. The zero-order valence-electron chi connectivity index (χ0n) is 9.62. The minimum Gasteiger partial charge on any atom is -0.338 e. The van der Waals surface area contributed by atoms with Crippen LogP contribution in [0.3, 0.4) is 0 Å².